The second-order valence-corrected chi connectivity index (χ2v) is 6.19. The molecule has 0 aliphatic heterocycles. The van der Waals surface area contributed by atoms with Crippen molar-refractivity contribution in [2.24, 2.45) is 5.92 Å². The van der Waals surface area contributed by atoms with E-state index in [9.17, 15) is 4.79 Å². The van der Waals surface area contributed by atoms with Crippen molar-refractivity contribution in [3.8, 4) is 0 Å². The maximum Gasteiger partial charge on any atom is 0.254 e. The number of thiophene rings is 1. The third-order valence-electron chi connectivity index (χ3n) is 3.68. The van der Waals surface area contributed by atoms with E-state index in [4.69, 9.17) is 0 Å². The summed E-state index contributed by atoms with van der Waals surface area (Å²) in [5.74, 6) is 0.943. The Balaban J connectivity index is 0.00000180. The Morgan fingerprint density at radius 2 is 2.32 bits per heavy atom. The quantitative estimate of drug-likeness (QED) is 0.927. The van der Waals surface area contributed by atoms with Crippen LogP contribution in [-0.4, -0.2) is 38.0 Å². The van der Waals surface area contributed by atoms with Gasteiger partial charge in [0.25, 0.3) is 5.91 Å². The largest absolute Gasteiger partial charge is 0.340 e. The molecule has 19 heavy (non-hydrogen) atoms. The third kappa shape index (κ3) is 3.71. The van der Waals surface area contributed by atoms with Crippen LogP contribution >= 0.6 is 23.7 Å². The number of nitrogens with one attached hydrogen (secondary N) is 1. The molecule has 1 atom stereocenters. The van der Waals surface area contributed by atoms with Crippen LogP contribution in [-0.2, 0) is 12.8 Å². The minimum atomic E-state index is 0. The van der Waals surface area contributed by atoms with Crippen LogP contribution < -0.4 is 5.32 Å². The molecule has 108 valence electrons. The number of hydrogen-bond donors (Lipinski definition) is 1. The molecule has 2 rings (SSSR count). The molecule has 1 N–H and O–H groups in total. The molecule has 1 unspecified atom stereocenters. The van der Waals surface area contributed by atoms with Crippen LogP contribution in [0, 0.1) is 5.92 Å². The van der Waals surface area contributed by atoms with Crippen molar-refractivity contribution >= 4 is 29.7 Å². The predicted octanol–water partition coefficient (Wildman–Crippen LogP) is 2.59. The van der Waals surface area contributed by atoms with Crippen molar-refractivity contribution in [3.05, 3.63) is 21.4 Å². The Morgan fingerprint density at radius 1 is 1.58 bits per heavy atom. The lowest BCUT2D eigenvalue weighted by Crippen LogP contribution is -2.33. The molecule has 1 heterocycles. The number of carbonyl (C=O) groups excluding carboxylic acids is 1. The first kappa shape index (κ1) is 16.5. The average molecular weight is 303 g/mol. The molecule has 1 amide bonds. The summed E-state index contributed by atoms with van der Waals surface area (Å²) in [5, 5.41) is 5.13. The molecule has 3 nitrogen and oxygen atoms in total. The summed E-state index contributed by atoms with van der Waals surface area (Å²) in [4.78, 5) is 15.6. The summed E-state index contributed by atoms with van der Waals surface area (Å²) in [6.45, 7) is 3.89. The number of fused-ring (bicyclic) bond motifs is 1. The van der Waals surface area contributed by atoms with Crippen LogP contribution in [0.5, 0.6) is 0 Å². The molecule has 0 fully saturated rings. The van der Waals surface area contributed by atoms with Gasteiger partial charge >= 0.3 is 0 Å². The lowest BCUT2D eigenvalue weighted by Gasteiger charge is -2.21. The zero-order chi connectivity index (χ0) is 13.1. The SMILES string of the molecule is CNCCN(C)C(=O)c1csc2c1CCC(C)C2.Cl. The first-order valence-electron chi connectivity index (χ1n) is 6.62. The number of nitrogens with zero attached hydrogens (tertiary/aromatic N) is 1. The fourth-order valence-electron chi connectivity index (χ4n) is 2.44. The van der Waals surface area contributed by atoms with Crippen LogP contribution in [0.15, 0.2) is 5.38 Å². The van der Waals surface area contributed by atoms with Gasteiger partial charge in [-0.05, 0) is 37.8 Å². The molecule has 0 bridgehead atoms. The molecule has 1 aromatic heterocycles. The third-order valence-corrected chi connectivity index (χ3v) is 4.73. The molecular formula is C14H23ClN2OS. The molecule has 0 saturated carbocycles. The number of amides is 1. The minimum Gasteiger partial charge on any atom is -0.340 e. The van der Waals surface area contributed by atoms with Crippen LogP contribution in [0.4, 0.5) is 0 Å². The summed E-state index contributed by atoms with van der Waals surface area (Å²) < 4.78 is 0. The van der Waals surface area contributed by atoms with Gasteiger partial charge in [-0.3, -0.25) is 4.79 Å². The van der Waals surface area contributed by atoms with Crippen LogP contribution in [0.2, 0.25) is 0 Å². The van der Waals surface area contributed by atoms with E-state index in [0.717, 1.165) is 37.4 Å². The molecule has 1 aliphatic carbocycles. The van der Waals surface area contributed by atoms with Crippen LogP contribution in [0.25, 0.3) is 0 Å². The highest BCUT2D eigenvalue weighted by molar-refractivity contribution is 7.10. The average Bonchev–Trinajstić information content (AvgIpc) is 2.77. The van der Waals surface area contributed by atoms with Gasteiger partial charge in [-0.15, -0.1) is 23.7 Å². The Morgan fingerprint density at radius 3 is 3.00 bits per heavy atom. The van der Waals surface area contributed by atoms with Crippen molar-refractivity contribution in [2.75, 3.05) is 27.2 Å². The standard InChI is InChI=1S/C14H22N2OS.ClH/c1-10-4-5-11-12(9-18-13(11)8-10)14(17)16(3)7-6-15-2;/h9-10,15H,4-8H2,1-3H3;1H. The molecule has 1 aliphatic rings. The topological polar surface area (TPSA) is 32.3 Å². The van der Waals surface area contributed by atoms with Crippen molar-refractivity contribution in [1.82, 2.24) is 10.2 Å². The van der Waals surface area contributed by atoms with Gasteiger partial charge in [0.15, 0.2) is 0 Å². The van der Waals surface area contributed by atoms with E-state index < -0.39 is 0 Å². The van der Waals surface area contributed by atoms with Crippen molar-refractivity contribution in [1.29, 1.82) is 0 Å². The van der Waals surface area contributed by atoms with E-state index in [0.29, 0.717) is 0 Å². The van der Waals surface area contributed by atoms with Gasteiger partial charge < -0.3 is 10.2 Å². The first-order chi connectivity index (χ1) is 8.63. The normalized spacial score (nSPS) is 17.5. The summed E-state index contributed by atoms with van der Waals surface area (Å²) in [5.41, 5.74) is 2.26. The second-order valence-electron chi connectivity index (χ2n) is 5.23. The molecule has 0 aromatic carbocycles. The number of carbonyl (C=O) groups is 1. The maximum atomic E-state index is 12.4. The lowest BCUT2D eigenvalue weighted by molar-refractivity contribution is 0.0796. The van der Waals surface area contributed by atoms with Gasteiger partial charge in [0.2, 0.25) is 0 Å². The zero-order valence-corrected chi connectivity index (χ0v) is 13.5. The van der Waals surface area contributed by atoms with Crippen LogP contribution in [0.3, 0.4) is 0 Å². The molecule has 0 saturated heterocycles. The van der Waals surface area contributed by atoms with Gasteiger partial charge in [0, 0.05) is 30.4 Å². The molecule has 5 heteroatoms. The monoisotopic (exact) mass is 302 g/mol. The van der Waals surface area contributed by atoms with Crippen molar-refractivity contribution in [3.63, 3.8) is 0 Å². The van der Waals surface area contributed by atoms with Gasteiger partial charge in [-0.1, -0.05) is 6.92 Å². The zero-order valence-electron chi connectivity index (χ0n) is 11.9. The highest BCUT2D eigenvalue weighted by Gasteiger charge is 2.24. The predicted molar refractivity (Wildman–Crippen MR) is 83.6 cm³/mol. The van der Waals surface area contributed by atoms with Gasteiger partial charge in [0.05, 0.1) is 5.56 Å². The Bertz CT molecular complexity index is 433. The van der Waals surface area contributed by atoms with Crippen molar-refractivity contribution < 1.29 is 4.79 Å². The fraction of sp³-hybridized carbons (Fsp3) is 0.643. The highest BCUT2D eigenvalue weighted by Crippen LogP contribution is 2.33. The summed E-state index contributed by atoms with van der Waals surface area (Å²) in [7, 11) is 3.79. The Labute approximate surface area is 125 Å². The molecule has 1 aromatic rings. The van der Waals surface area contributed by atoms with Gasteiger partial charge in [0.1, 0.15) is 0 Å². The molecule has 0 radical (unpaired) electrons. The lowest BCUT2D eigenvalue weighted by atomic mass is 9.88. The number of halogens is 1. The summed E-state index contributed by atoms with van der Waals surface area (Å²) in [6.07, 6.45) is 3.43. The van der Waals surface area contributed by atoms with Gasteiger partial charge in [-0.25, -0.2) is 0 Å². The van der Waals surface area contributed by atoms with E-state index in [2.05, 4.69) is 17.6 Å². The van der Waals surface area contributed by atoms with E-state index in [1.807, 2.05) is 19.0 Å². The van der Waals surface area contributed by atoms with E-state index in [1.54, 1.807) is 11.3 Å². The number of rotatable bonds is 4. The fourth-order valence-corrected chi connectivity index (χ4v) is 3.68. The molecule has 0 spiro atoms. The highest BCUT2D eigenvalue weighted by atomic mass is 35.5. The van der Waals surface area contributed by atoms with Crippen molar-refractivity contribution in [2.45, 2.75) is 26.2 Å². The molecular weight excluding hydrogens is 280 g/mol. The number of likely N-dealkylation sites (N-methyl/N-ethyl adjacent to an activating group) is 2. The summed E-state index contributed by atoms with van der Waals surface area (Å²) >= 11 is 1.76. The first-order valence-corrected chi connectivity index (χ1v) is 7.50. The Kier molecular flexibility index (Phi) is 6.30. The Hall–Kier alpha value is -0.580. The minimum absolute atomic E-state index is 0. The summed E-state index contributed by atoms with van der Waals surface area (Å²) in [6, 6.07) is 0. The smallest absolute Gasteiger partial charge is 0.254 e. The van der Waals surface area contributed by atoms with E-state index in [1.165, 1.54) is 16.9 Å². The van der Waals surface area contributed by atoms with Crippen LogP contribution in [0.1, 0.15) is 34.1 Å². The van der Waals surface area contributed by atoms with E-state index in [-0.39, 0.29) is 18.3 Å². The number of hydrogen-bond acceptors (Lipinski definition) is 3. The van der Waals surface area contributed by atoms with Gasteiger partial charge in [-0.2, -0.15) is 0 Å². The van der Waals surface area contributed by atoms with E-state index >= 15 is 0 Å². The second kappa shape index (κ2) is 7.27. The maximum absolute atomic E-state index is 12.4.